The van der Waals surface area contributed by atoms with Crippen LogP contribution in [0.2, 0.25) is 0 Å². The van der Waals surface area contributed by atoms with Gasteiger partial charge in [-0.05, 0) is 50.2 Å². The van der Waals surface area contributed by atoms with Gasteiger partial charge in [-0.2, -0.15) is 0 Å². The van der Waals surface area contributed by atoms with E-state index in [1.54, 1.807) is 0 Å². The standard InChI is InChI=1S/C15H21NO/c1-11-5-7-15(2,10-11)17-13-4-3-12-6-8-16-14(12)9-13/h3-4,9,11,16H,5-8,10H2,1-2H3. The first-order chi connectivity index (χ1) is 8.15. The molecule has 1 aliphatic carbocycles. The summed E-state index contributed by atoms with van der Waals surface area (Å²) in [5, 5.41) is 3.41. The molecule has 0 bridgehead atoms. The summed E-state index contributed by atoms with van der Waals surface area (Å²) in [6.45, 7) is 5.63. The normalized spacial score (nSPS) is 31.1. The Kier molecular flexibility index (Phi) is 2.53. The third-order valence-corrected chi connectivity index (χ3v) is 4.10. The van der Waals surface area contributed by atoms with Gasteiger partial charge in [-0.25, -0.2) is 0 Å². The van der Waals surface area contributed by atoms with E-state index in [0.717, 1.165) is 24.6 Å². The predicted octanol–water partition coefficient (Wildman–Crippen LogP) is 3.61. The number of rotatable bonds is 2. The van der Waals surface area contributed by atoms with Crippen LogP contribution in [-0.2, 0) is 6.42 Å². The second-order valence-electron chi connectivity index (χ2n) is 5.90. The van der Waals surface area contributed by atoms with Gasteiger partial charge in [0, 0.05) is 18.3 Å². The molecule has 0 radical (unpaired) electrons. The van der Waals surface area contributed by atoms with Crippen molar-refractivity contribution in [2.75, 3.05) is 11.9 Å². The van der Waals surface area contributed by atoms with Crippen molar-refractivity contribution >= 4 is 5.69 Å². The molecule has 1 aromatic rings. The zero-order valence-corrected chi connectivity index (χ0v) is 10.8. The third-order valence-electron chi connectivity index (χ3n) is 4.10. The quantitative estimate of drug-likeness (QED) is 0.839. The first kappa shape index (κ1) is 10.9. The van der Waals surface area contributed by atoms with E-state index in [0.29, 0.717) is 0 Å². The molecule has 17 heavy (non-hydrogen) atoms. The highest BCUT2D eigenvalue weighted by Crippen LogP contribution is 2.38. The Balaban J connectivity index is 1.77. The predicted molar refractivity (Wildman–Crippen MR) is 70.7 cm³/mol. The van der Waals surface area contributed by atoms with E-state index in [4.69, 9.17) is 4.74 Å². The molecule has 2 atom stereocenters. The van der Waals surface area contributed by atoms with Crippen molar-refractivity contribution < 1.29 is 4.74 Å². The van der Waals surface area contributed by atoms with Crippen LogP contribution < -0.4 is 10.1 Å². The summed E-state index contributed by atoms with van der Waals surface area (Å²) in [6, 6.07) is 6.49. The zero-order chi connectivity index (χ0) is 11.9. The molecule has 92 valence electrons. The lowest BCUT2D eigenvalue weighted by Crippen LogP contribution is -2.28. The first-order valence-corrected chi connectivity index (χ1v) is 6.70. The molecular formula is C15H21NO. The van der Waals surface area contributed by atoms with Crippen LogP contribution in [0.4, 0.5) is 5.69 Å². The minimum atomic E-state index is 0.0479. The van der Waals surface area contributed by atoms with Crippen LogP contribution >= 0.6 is 0 Å². The van der Waals surface area contributed by atoms with Crippen LogP contribution in [0.5, 0.6) is 5.75 Å². The highest BCUT2D eigenvalue weighted by molar-refractivity contribution is 5.58. The molecule has 2 nitrogen and oxygen atoms in total. The molecule has 1 fully saturated rings. The van der Waals surface area contributed by atoms with E-state index >= 15 is 0 Å². The highest BCUT2D eigenvalue weighted by Gasteiger charge is 2.35. The fourth-order valence-electron chi connectivity index (χ4n) is 3.20. The lowest BCUT2D eigenvalue weighted by Gasteiger charge is -2.26. The van der Waals surface area contributed by atoms with Crippen molar-refractivity contribution in [1.29, 1.82) is 0 Å². The van der Waals surface area contributed by atoms with Crippen molar-refractivity contribution in [1.82, 2.24) is 0 Å². The average Bonchev–Trinajstić information content (AvgIpc) is 2.85. The highest BCUT2D eigenvalue weighted by atomic mass is 16.5. The molecule has 1 heterocycles. The molecule has 1 saturated carbocycles. The lowest BCUT2D eigenvalue weighted by molar-refractivity contribution is 0.0929. The van der Waals surface area contributed by atoms with Crippen LogP contribution in [0.3, 0.4) is 0 Å². The molecule has 1 aliphatic heterocycles. The Morgan fingerprint density at radius 1 is 1.41 bits per heavy atom. The molecule has 2 heteroatoms. The second kappa shape index (κ2) is 3.94. The number of nitrogens with one attached hydrogen (secondary N) is 1. The molecule has 0 saturated heterocycles. The van der Waals surface area contributed by atoms with Crippen molar-refractivity contribution in [3.63, 3.8) is 0 Å². The summed E-state index contributed by atoms with van der Waals surface area (Å²) in [5.41, 5.74) is 2.73. The van der Waals surface area contributed by atoms with Crippen LogP contribution in [0, 0.1) is 5.92 Å². The van der Waals surface area contributed by atoms with E-state index in [-0.39, 0.29) is 5.60 Å². The Morgan fingerprint density at radius 3 is 3.06 bits per heavy atom. The maximum absolute atomic E-state index is 6.22. The Morgan fingerprint density at radius 2 is 2.29 bits per heavy atom. The molecule has 1 N–H and O–H groups in total. The number of hydrogen-bond acceptors (Lipinski definition) is 2. The van der Waals surface area contributed by atoms with Crippen LogP contribution in [-0.4, -0.2) is 12.1 Å². The maximum Gasteiger partial charge on any atom is 0.122 e. The van der Waals surface area contributed by atoms with Crippen molar-refractivity contribution in [3.05, 3.63) is 23.8 Å². The smallest absolute Gasteiger partial charge is 0.122 e. The summed E-state index contributed by atoms with van der Waals surface area (Å²) < 4.78 is 6.22. The fraction of sp³-hybridized carbons (Fsp3) is 0.600. The van der Waals surface area contributed by atoms with Gasteiger partial charge in [0.05, 0.1) is 0 Å². The molecular weight excluding hydrogens is 210 g/mol. The van der Waals surface area contributed by atoms with Gasteiger partial charge in [0.1, 0.15) is 11.4 Å². The van der Waals surface area contributed by atoms with Gasteiger partial charge >= 0.3 is 0 Å². The number of benzene rings is 1. The van der Waals surface area contributed by atoms with Crippen molar-refractivity contribution in [3.8, 4) is 5.75 Å². The van der Waals surface area contributed by atoms with Gasteiger partial charge < -0.3 is 10.1 Å². The molecule has 0 aromatic heterocycles. The number of hydrogen-bond donors (Lipinski definition) is 1. The number of anilines is 1. The molecule has 1 aromatic carbocycles. The Bertz CT molecular complexity index is 429. The summed E-state index contributed by atoms with van der Waals surface area (Å²) in [6.07, 6.45) is 4.79. The average molecular weight is 231 g/mol. The minimum Gasteiger partial charge on any atom is -0.487 e. The second-order valence-corrected chi connectivity index (χ2v) is 5.90. The SMILES string of the molecule is CC1CCC(C)(Oc2ccc3c(c2)NCC3)C1. The molecule has 3 rings (SSSR count). The molecule has 0 amide bonds. The fourth-order valence-corrected chi connectivity index (χ4v) is 3.20. The van der Waals surface area contributed by atoms with E-state index in [1.165, 1.54) is 30.5 Å². The van der Waals surface area contributed by atoms with Gasteiger partial charge in [0.2, 0.25) is 0 Å². The topological polar surface area (TPSA) is 21.3 Å². The lowest BCUT2D eigenvalue weighted by atomic mass is 10.0. The van der Waals surface area contributed by atoms with E-state index in [2.05, 4.69) is 37.4 Å². The van der Waals surface area contributed by atoms with E-state index in [1.807, 2.05) is 0 Å². The van der Waals surface area contributed by atoms with Gasteiger partial charge in [0.15, 0.2) is 0 Å². The van der Waals surface area contributed by atoms with Crippen molar-refractivity contribution in [2.24, 2.45) is 5.92 Å². The number of ether oxygens (including phenoxy) is 1. The molecule has 2 unspecified atom stereocenters. The Labute approximate surface area is 103 Å². The first-order valence-electron chi connectivity index (χ1n) is 6.70. The minimum absolute atomic E-state index is 0.0479. The monoisotopic (exact) mass is 231 g/mol. The molecule has 0 spiro atoms. The van der Waals surface area contributed by atoms with Crippen LogP contribution in [0.15, 0.2) is 18.2 Å². The van der Waals surface area contributed by atoms with Crippen molar-refractivity contribution in [2.45, 2.75) is 45.1 Å². The molecule has 2 aliphatic rings. The summed E-state index contributed by atoms with van der Waals surface area (Å²) in [4.78, 5) is 0. The van der Waals surface area contributed by atoms with Gasteiger partial charge in [-0.15, -0.1) is 0 Å². The van der Waals surface area contributed by atoms with Gasteiger partial charge in [-0.1, -0.05) is 13.0 Å². The van der Waals surface area contributed by atoms with Gasteiger partial charge in [0.25, 0.3) is 0 Å². The third kappa shape index (κ3) is 2.13. The summed E-state index contributed by atoms with van der Waals surface area (Å²) in [5.74, 6) is 1.82. The zero-order valence-electron chi connectivity index (χ0n) is 10.8. The Hall–Kier alpha value is -1.18. The maximum atomic E-state index is 6.22. The van der Waals surface area contributed by atoms with Crippen LogP contribution in [0.1, 0.15) is 38.7 Å². The largest absolute Gasteiger partial charge is 0.487 e. The van der Waals surface area contributed by atoms with Crippen LogP contribution in [0.25, 0.3) is 0 Å². The summed E-state index contributed by atoms with van der Waals surface area (Å²) >= 11 is 0. The van der Waals surface area contributed by atoms with Gasteiger partial charge in [-0.3, -0.25) is 0 Å². The summed E-state index contributed by atoms with van der Waals surface area (Å²) in [7, 11) is 0. The number of fused-ring (bicyclic) bond motifs is 1. The van der Waals surface area contributed by atoms with E-state index in [9.17, 15) is 0 Å². The van der Waals surface area contributed by atoms with E-state index < -0.39 is 0 Å².